The molecule has 1 saturated heterocycles. The highest BCUT2D eigenvalue weighted by molar-refractivity contribution is 9.11. The summed E-state index contributed by atoms with van der Waals surface area (Å²) in [6, 6.07) is 1.62. The second kappa shape index (κ2) is 6.13. The van der Waals surface area contributed by atoms with Gasteiger partial charge in [0.05, 0.1) is 8.68 Å². The van der Waals surface area contributed by atoms with E-state index in [1.54, 1.807) is 13.0 Å². The van der Waals surface area contributed by atoms with Gasteiger partial charge >= 0.3 is 5.97 Å². The Labute approximate surface area is 130 Å². The van der Waals surface area contributed by atoms with Gasteiger partial charge in [-0.25, -0.2) is 8.42 Å². The Morgan fingerprint density at radius 1 is 1.60 bits per heavy atom. The van der Waals surface area contributed by atoms with E-state index >= 15 is 0 Å². The van der Waals surface area contributed by atoms with Crippen LogP contribution >= 0.6 is 27.3 Å². The molecule has 0 bridgehead atoms. The number of carbonyl (C=O) groups is 1. The third-order valence-corrected chi connectivity index (χ3v) is 7.08. The normalized spacial score (nSPS) is 21.0. The lowest BCUT2D eigenvalue weighted by Crippen LogP contribution is -2.40. The highest BCUT2D eigenvalue weighted by atomic mass is 79.9. The molecule has 1 aliphatic rings. The van der Waals surface area contributed by atoms with Crippen molar-refractivity contribution in [1.82, 2.24) is 4.31 Å². The van der Waals surface area contributed by atoms with Crippen molar-refractivity contribution in [2.45, 2.75) is 31.1 Å². The highest BCUT2D eigenvalue weighted by Crippen LogP contribution is 2.33. The van der Waals surface area contributed by atoms with Gasteiger partial charge in [0, 0.05) is 24.4 Å². The Hall–Kier alpha value is -0.440. The molecule has 5 nitrogen and oxygen atoms in total. The van der Waals surface area contributed by atoms with E-state index in [0.29, 0.717) is 24.4 Å². The number of hydrogen-bond acceptors (Lipinski definition) is 4. The lowest BCUT2D eigenvalue weighted by molar-refractivity contribution is -0.138. The van der Waals surface area contributed by atoms with E-state index in [-0.39, 0.29) is 12.3 Å². The number of aliphatic carboxylic acids is 1. The quantitative estimate of drug-likeness (QED) is 0.869. The summed E-state index contributed by atoms with van der Waals surface area (Å²) >= 11 is 4.69. The van der Waals surface area contributed by atoms with Gasteiger partial charge in [-0.15, -0.1) is 11.3 Å². The van der Waals surface area contributed by atoms with E-state index in [4.69, 9.17) is 5.11 Å². The molecule has 0 radical (unpaired) electrons. The summed E-state index contributed by atoms with van der Waals surface area (Å²) in [6.07, 6.45) is 1.50. The summed E-state index contributed by atoms with van der Waals surface area (Å²) in [5.41, 5.74) is 0. The molecular formula is C12H16BrNO4S2. The maximum Gasteiger partial charge on any atom is 0.303 e. The summed E-state index contributed by atoms with van der Waals surface area (Å²) in [4.78, 5) is 11.9. The molecule has 0 saturated carbocycles. The number of piperidine rings is 1. The van der Waals surface area contributed by atoms with Crippen LogP contribution in [0.5, 0.6) is 0 Å². The average Bonchev–Trinajstić information content (AvgIpc) is 2.68. The SMILES string of the molecule is Cc1sc(Br)cc1S(=O)(=O)N1CCCC(CC(=O)O)C1. The van der Waals surface area contributed by atoms with E-state index in [9.17, 15) is 13.2 Å². The monoisotopic (exact) mass is 381 g/mol. The zero-order chi connectivity index (χ0) is 14.9. The predicted octanol–water partition coefficient (Wildman–Crippen LogP) is 2.69. The maximum absolute atomic E-state index is 12.6. The number of hydrogen-bond donors (Lipinski definition) is 1. The molecule has 1 N–H and O–H groups in total. The number of nitrogens with zero attached hydrogens (tertiary/aromatic N) is 1. The fourth-order valence-electron chi connectivity index (χ4n) is 2.48. The molecule has 1 atom stereocenters. The van der Waals surface area contributed by atoms with Gasteiger partial charge in [0.25, 0.3) is 0 Å². The summed E-state index contributed by atoms with van der Waals surface area (Å²) < 4.78 is 27.4. The first-order chi connectivity index (χ1) is 9.30. The largest absolute Gasteiger partial charge is 0.481 e. The van der Waals surface area contributed by atoms with Crippen LogP contribution in [0.4, 0.5) is 0 Å². The number of thiophene rings is 1. The average molecular weight is 382 g/mol. The van der Waals surface area contributed by atoms with Crippen molar-refractivity contribution in [3.05, 3.63) is 14.7 Å². The van der Waals surface area contributed by atoms with E-state index in [0.717, 1.165) is 15.1 Å². The molecule has 1 unspecified atom stereocenters. The number of halogens is 1. The standard InChI is InChI=1S/C12H16BrNO4S2/c1-8-10(6-11(13)19-8)20(17,18)14-4-2-3-9(7-14)5-12(15)16/h6,9H,2-5,7H2,1H3,(H,15,16). The minimum absolute atomic E-state index is 0.0261. The number of carboxylic acid groups (broad SMARTS) is 1. The first kappa shape index (κ1) is 15.9. The third kappa shape index (κ3) is 3.41. The third-order valence-electron chi connectivity index (χ3n) is 3.41. The molecule has 2 rings (SSSR count). The first-order valence-electron chi connectivity index (χ1n) is 6.28. The minimum atomic E-state index is -3.52. The molecule has 1 fully saturated rings. The summed E-state index contributed by atoms with van der Waals surface area (Å²) in [5, 5.41) is 8.85. The van der Waals surface area contributed by atoms with E-state index in [1.165, 1.54) is 15.6 Å². The Morgan fingerprint density at radius 3 is 2.85 bits per heavy atom. The van der Waals surface area contributed by atoms with Gasteiger partial charge in [-0.1, -0.05) is 0 Å². The summed E-state index contributed by atoms with van der Waals surface area (Å²) in [5.74, 6) is -0.970. The molecule has 1 aromatic heterocycles. The van der Waals surface area contributed by atoms with Crippen LogP contribution in [0, 0.1) is 12.8 Å². The van der Waals surface area contributed by atoms with Gasteiger partial charge in [0.15, 0.2) is 0 Å². The molecule has 0 spiro atoms. The first-order valence-corrected chi connectivity index (χ1v) is 9.33. The van der Waals surface area contributed by atoms with Gasteiger partial charge in [-0.3, -0.25) is 4.79 Å². The van der Waals surface area contributed by atoms with Crippen molar-refractivity contribution < 1.29 is 18.3 Å². The van der Waals surface area contributed by atoms with Gasteiger partial charge in [0.2, 0.25) is 10.0 Å². The maximum atomic E-state index is 12.6. The number of aryl methyl sites for hydroxylation is 1. The van der Waals surface area contributed by atoms with Crippen LogP contribution in [-0.4, -0.2) is 36.9 Å². The van der Waals surface area contributed by atoms with Crippen LogP contribution in [0.25, 0.3) is 0 Å². The van der Waals surface area contributed by atoms with Gasteiger partial charge in [-0.05, 0) is 47.7 Å². The zero-order valence-corrected chi connectivity index (χ0v) is 14.2. The van der Waals surface area contributed by atoms with Crippen molar-refractivity contribution in [2.24, 2.45) is 5.92 Å². The second-order valence-electron chi connectivity index (χ2n) is 4.94. The molecular weight excluding hydrogens is 366 g/mol. The van der Waals surface area contributed by atoms with Crippen molar-refractivity contribution in [3.8, 4) is 0 Å². The molecule has 0 aromatic carbocycles. The molecule has 0 amide bonds. The lowest BCUT2D eigenvalue weighted by Gasteiger charge is -2.31. The smallest absolute Gasteiger partial charge is 0.303 e. The molecule has 1 aliphatic heterocycles. The van der Waals surface area contributed by atoms with Crippen LogP contribution in [0.1, 0.15) is 24.1 Å². The van der Waals surface area contributed by atoms with Crippen LogP contribution in [0.15, 0.2) is 14.7 Å². The van der Waals surface area contributed by atoms with Gasteiger partial charge < -0.3 is 5.11 Å². The summed E-state index contributed by atoms with van der Waals surface area (Å²) in [7, 11) is -3.52. The molecule has 112 valence electrons. The zero-order valence-electron chi connectivity index (χ0n) is 11.0. The van der Waals surface area contributed by atoms with Crippen molar-refractivity contribution in [2.75, 3.05) is 13.1 Å². The molecule has 8 heteroatoms. The van der Waals surface area contributed by atoms with Gasteiger partial charge in [-0.2, -0.15) is 4.31 Å². The van der Waals surface area contributed by atoms with Crippen molar-refractivity contribution in [1.29, 1.82) is 0 Å². The number of sulfonamides is 1. The van der Waals surface area contributed by atoms with E-state index < -0.39 is 16.0 Å². The predicted molar refractivity (Wildman–Crippen MR) is 80.5 cm³/mol. The fraction of sp³-hybridized carbons (Fsp3) is 0.583. The van der Waals surface area contributed by atoms with Crippen molar-refractivity contribution in [3.63, 3.8) is 0 Å². The van der Waals surface area contributed by atoms with E-state index in [1.807, 2.05) is 0 Å². The van der Waals surface area contributed by atoms with E-state index in [2.05, 4.69) is 15.9 Å². The van der Waals surface area contributed by atoms with Crippen LogP contribution < -0.4 is 0 Å². The van der Waals surface area contributed by atoms with Crippen LogP contribution in [0.2, 0.25) is 0 Å². The minimum Gasteiger partial charge on any atom is -0.481 e. The Morgan fingerprint density at radius 2 is 2.30 bits per heavy atom. The Kier molecular flexibility index (Phi) is 4.88. The van der Waals surface area contributed by atoms with Gasteiger partial charge in [0.1, 0.15) is 0 Å². The number of rotatable bonds is 4. The number of carboxylic acids is 1. The molecule has 20 heavy (non-hydrogen) atoms. The van der Waals surface area contributed by atoms with Crippen LogP contribution in [0.3, 0.4) is 0 Å². The molecule has 2 heterocycles. The second-order valence-corrected chi connectivity index (χ2v) is 9.48. The van der Waals surface area contributed by atoms with Crippen LogP contribution in [-0.2, 0) is 14.8 Å². The lowest BCUT2D eigenvalue weighted by atomic mass is 9.96. The fourth-order valence-corrected chi connectivity index (χ4v) is 6.42. The molecule has 1 aromatic rings. The topological polar surface area (TPSA) is 74.7 Å². The Bertz CT molecular complexity index is 611. The summed E-state index contributed by atoms with van der Waals surface area (Å²) in [6.45, 7) is 2.54. The highest BCUT2D eigenvalue weighted by Gasteiger charge is 2.32. The van der Waals surface area contributed by atoms with Crippen molar-refractivity contribution >= 4 is 43.3 Å². The Balaban J connectivity index is 2.21. The molecule has 0 aliphatic carbocycles.